The van der Waals surface area contributed by atoms with Gasteiger partial charge in [-0.1, -0.05) is 31.9 Å². The maximum atomic E-state index is 12.5. The second kappa shape index (κ2) is 9.09. The Labute approximate surface area is 135 Å². The Morgan fingerprint density at radius 3 is 2.73 bits per heavy atom. The molecule has 0 amide bonds. The molecule has 2 nitrogen and oxygen atoms in total. The minimum Gasteiger partial charge on any atom is -0.317 e. The van der Waals surface area contributed by atoms with Crippen LogP contribution in [0.1, 0.15) is 73.4 Å². The van der Waals surface area contributed by atoms with Gasteiger partial charge in [-0.05, 0) is 75.2 Å². The van der Waals surface area contributed by atoms with Crippen molar-refractivity contribution in [2.24, 2.45) is 5.92 Å². The molecule has 1 N–H and O–H groups in total. The molecule has 0 atom stereocenters. The molecule has 0 radical (unpaired) electrons. The van der Waals surface area contributed by atoms with Gasteiger partial charge in [-0.15, -0.1) is 0 Å². The molecule has 1 aromatic carbocycles. The number of rotatable bonds is 8. The lowest BCUT2D eigenvalue weighted by Crippen LogP contribution is -2.28. The van der Waals surface area contributed by atoms with Crippen molar-refractivity contribution in [1.82, 2.24) is 5.32 Å². The van der Waals surface area contributed by atoms with Crippen molar-refractivity contribution in [2.45, 2.75) is 65.2 Å². The molecule has 0 aliphatic carbocycles. The molecule has 2 heteroatoms. The van der Waals surface area contributed by atoms with Crippen molar-refractivity contribution in [3.05, 3.63) is 34.9 Å². The Morgan fingerprint density at radius 2 is 2.00 bits per heavy atom. The van der Waals surface area contributed by atoms with E-state index in [1.54, 1.807) is 0 Å². The normalized spacial score (nSPS) is 15.9. The third kappa shape index (κ3) is 5.24. The predicted molar refractivity (Wildman–Crippen MR) is 93.6 cm³/mol. The Balaban J connectivity index is 1.89. The summed E-state index contributed by atoms with van der Waals surface area (Å²) in [6.07, 6.45) is 9.06. The SMILES string of the molecule is CCCCCc1cc(C(=O)CCC2CCNCC2)ccc1C. The molecular weight excluding hydrogens is 270 g/mol. The topological polar surface area (TPSA) is 29.1 Å². The van der Waals surface area contributed by atoms with Crippen LogP contribution in [0, 0.1) is 12.8 Å². The van der Waals surface area contributed by atoms with E-state index in [9.17, 15) is 4.79 Å². The van der Waals surface area contributed by atoms with Gasteiger partial charge in [-0.2, -0.15) is 0 Å². The highest BCUT2D eigenvalue weighted by atomic mass is 16.1. The van der Waals surface area contributed by atoms with Gasteiger partial charge in [0.25, 0.3) is 0 Å². The summed E-state index contributed by atoms with van der Waals surface area (Å²) in [5, 5.41) is 3.39. The number of carbonyl (C=O) groups excluding carboxylic acids is 1. The zero-order valence-corrected chi connectivity index (χ0v) is 14.3. The molecule has 1 aliphatic rings. The number of nitrogens with one attached hydrogen (secondary N) is 1. The van der Waals surface area contributed by atoms with Crippen LogP contribution < -0.4 is 5.32 Å². The summed E-state index contributed by atoms with van der Waals surface area (Å²) in [6, 6.07) is 6.29. The van der Waals surface area contributed by atoms with Gasteiger partial charge in [-0.3, -0.25) is 4.79 Å². The standard InChI is InChI=1S/C20H31NO/c1-3-4-5-6-18-15-19(9-7-16(18)2)20(22)10-8-17-11-13-21-14-12-17/h7,9,15,17,21H,3-6,8,10-14H2,1-2H3. The van der Waals surface area contributed by atoms with Gasteiger partial charge in [0, 0.05) is 12.0 Å². The van der Waals surface area contributed by atoms with E-state index in [2.05, 4.69) is 31.3 Å². The molecule has 122 valence electrons. The second-order valence-electron chi connectivity index (χ2n) is 6.75. The summed E-state index contributed by atoms with van der Waals surface area (Å²) in [4.78, 5) is 12.5. The molecule has 1 fully saturated rings. The largest absolute Gasteiger partial charge is 0.317 e. The number of Topliss-reactive ketones (excluding diaryl/α,β-unsaturated/α-hetero) is 1. The van der Waals surface area contributed by atoms with Gasteiger partial charge in [0.15, 0.2) is 5.78 Å². The Bertz CT molecular complexity index is 475. The highest BCUT2D eigenvalue weighted by Crippen LogP contribution is 2.21. The van der Waals surface area contributed by atoms with Gasteiger partial charge >= 0.3 is 0 Å². The number of aryl methyl sites for hydroxylation is 2. The van der Waals surface area contributed by atoms with Gasteiger partial charge < -0.3 is 5.32 Å². The number of ketones is 1. The molecule has 0 saturated carbocycles. The van der Waals surface area contributed by atoms with Gasteiger partial charge in [0.05, 0.1) is 0 Å². The Kier molecular flexibility index (Phi) is 7.11. The number of hydrogen-bond donors (Lipinski definition) is 1. The number of carbonyl (C=O) groups is 1. The monoisotopic (exact) mass is 301 g/mol. The van der Waals surface area contributed by atoms with Crippen molar-refractivity contribution in [3.8, 4) is 0 Å². The molecule has 0 spiro atoms. The molecular formula is C20H31NO. The fourth-order valence-corrected chi connectivity index (χ4v) is 3.33. The summed E-state index contributed by atoms with van der Waals surface area (Å²) in [7, 11) is 0. The predicted octanol–water partition coefficient (Wildman–Crippen LogP) is 4.69. The second-order valence-corrected chi connectivity index (χ2v) is 6.75. The van der Waals surface area contributed by atoms with E-state index in [1.165, 1.54) is 43.2 Å². The molecule has 1 saturated heterocycles. The lowest BCUT2D eigenvalue weighted by molar-refractivity contribution is 0.0970. The van der Waals surface area contributed by atoms with Gasteiger partial charge in [-0.25, -0.2) is 0 Å². The summed E-state index contributed by atoms with van der Waals surface area (Å²) in [6.45, 7) is 6.62. The highest BCUT2D eigenvalue weighted by Gasteiger charge is 2.15. The maximum absolute atomic E-state index is 12.5. The molecule has 22 heavy (non-hydrogen) atoms. The first-order chi connectivity index (χ1) is 10.7. The van der Waals surface area contributed by atoms with Crippen LogP contribution in [0.3, 0.4) is 0 Å². The zero-order valence-electron chi connectivity index (χ0n) is 14.3. The third-order valence-electron chi connectivity index (χ3n) is 4.96. The van der Waals surface area contributed by atoms with E-state index < -0.39 is 0 Å². The maximum Gasteiger partial charge on any atom is 0.162 e. The van der Waals surface area contributed by atoms with Crippen LogP contribution >= 0.6 is 0 Å². The quantitative estimate of drug-likeness (QED) is 0.557. The third-order valence-corrected chi connectivity index (χ3v) is 4.96. The van der Waals surface area contributed by atoms with E-state index in [4.69, 9.17) is 0 Å². The van der Waals surface area contributed by atoms with Crippen molar-refractivity contribution < 1.29 is 4.79 Å². The minimum atomic E-state index is 0.329. The van der Waals surface area contributed by atoms with Crippen LogP contribution in [0.5, 0.6) is 0 Å². The van der Waals surface area contributed by atoms with Crippen LogP contribution in [0.15, 0.2) is 18.2 Å². The first-order valence-electron chi connectivity index (χ1n) is 9.04. The van der Waals surface area contributed by atoms with Crippen molar-refractivity contribution in [2.75, 3.05) is 13.1 Å². The number of hydrogen-bond acceptors (Lipinski definition) is 2. The van der Waals surface area contributed by atoms with Crippen LogP contribution in [-0.2, 0) is 6.42 Å². The summed E-state index contributed by atoms with van der Waals surface area (Å²) < 4.78 is 0. The lowest BCUT2D eigenvalue weighted by atomic mass is 9.90. The molecule has 1 aromatic rings. The molecule has 2 rings (SSSR count). The van der Waals surface area contributed by atoms with Crippen molar-refractivity contribution >= 4 is 5.78 Å². The Hall–Kier alpha value is -1.15. The van der Waals surface area contributed by atoms with Crippen molar-refractivity contribution in [3.63, 3.8) is 0 Å². The molecule has 0 unspecified atom stereocenters. The first-order valence-corrected chi connectivity index (χ1v) is 9.04. The average Bonchev–Trinajstić information content (AvgIpc) is 2.55. The number of unbranched alkanes of at least 4 members (excludes halogenated alkanes) is 2. The van der Waals surface area contributed by atoms with Crippen LogP contribution in [0.25, 0.3) is 0 Å². The summed E-state index contributed by atoms with van der Waals surface area (Å²) >= 11 is 0. The molecule has 0 aromatic heterocycles. The summed E-state index contributed by atoms with van der Waals surface area (Å²) in [5.41, 5.74) is 3.61. The highest BCUT2D eigenvalue weighted by molar-refractivity contribution is 5.96. The van der Waals surface area contributed by atoms with E-state index in [1.807, 2.05) is 6.07 Å². The molecule has 0 bridgehead atoms. The van der Waals surface area contributed by atoms with E-state index in [0.29, 0.717) is 12.2 Å². The van der Waals surface area contributed by atoms with E-state index in [-0.39, 0.29) is 0 Å². The van der Waals surface area contributed by atoms with Crippen LogP contribution in [0.4, 0.5) is 0 Å². The first kappa shape index (κ1) is 17.2. The minimum absolute atomic E-state index is 0.329. The van der Waals surface area contributed by atoms with Crippen molar-refractivity contribution in [1.29, 1.82) is 0 Å². The molecule has 1 aliphatic heterocycles. The number of piperidine rings is 1. The summed E-state index contributed by atoms with van der Waals surface area (Å²) in [5.74, 6) is 1.06. The van der Waals surface area contributed by atoms with E-state index >= 15 is 0 Å². The van der Waals surface area contributed by atoms with Crippen LogP contribution in [-0.4, -0.2) is 18.9 Å². The number of benzene rings is 1. The Morgan fingerprint density at radius 1 is 1.23 bits per heavy atom. The fourth-order valence-electron chi connectivity index (χ4n) is 3.33. The fraction of sp³-hybridized carbons (Fsp3) is 0.650. The molecule has 1 heterocycles. The van der Waals surface area contributed by atoms with E-state index in [0.717, 1.165) is 37.4 Å². The average molecular weight is 301 g/mol. The lowest BCUT2D eigenvalue weighted by Gasteiger charge is -2.22. The van der Waals surface area contributed by atoms with Gasteiger partial charge in [0.1, 0.15) is 0 Å². The van der Waals surface area contributed by atoms with Gasteiger partial charge in [0.2, 0.25) is 0 Å². The smallest absolute Gasteiger partial charge is 0.162 e. The van der Waals surface area contributed by atoms with Crippen LogP contribution in [0.2, 0.25) is 0 Å². The zero-order chi connectivity index (χ0) is 15.8.